The van der Waals surface area contributed by atoms with Crippen LogP contribution in [-0.2, 0) is 22.5 Å². The van der Waals surface area contributed by atoms with Gasteiger partial charge in [-0.2, -0.15) is 0 Å². The van der Waals surface area contributed by atoms with Crippen molar-refractivity contribution in [2.24, 2.45) is 0 Å². The lowest BCUT2D eigenvalue weighted by Crippen LogP contribution is -2.36. The van der Waals surface area contributed by atoms with E-state index in [4.69, 9.17) is 9.47 Å². The molecule has 0 unspecified atom stereocenters. The number of nitrogens with zero attached hydrogens (tertiary/aromatic N) is 2. The second-order valence-electron chi connectivity index (χ2n) is 7.83. The highest BCUT2D eigenvalue weighted by Gasteiger charge is 2.18. The monoisotopic (exact) mass is 409 g/mol. The molecule has 0 aromatic heterocycles. The van der Waals surface area contributed by atoms with Gasteiger partial charge in [-0.05, 0) is 60.9 Å². The highest BCUT2D eigenvalue weighted by molar-refractivity contribution is 5.91. The molecule has 1 amide bonds. The first-order valence-corrected chi connectivity index (χ1v) is 10.9. The van der Waals surface area contributed by atoms with E-state index in [1.54, 1.807) is 0 Å². The second kappa shape index (κ2) is 9.96. The average molecular weight is 410 g/mol. The molecular formula is C24H31N3O3. The first-order chi connectivity index (χ1) is 14.7. The van der Waals surface area contributed by atoms with Gasteiger partial charge in [-0.3, -0.25) is 9.69 Å². The van der Waals surface area contributed by atoms with Gasteiger partial charge >= 0.3 is 0 Å². The second-order valence-corrected chi connectivity index (χ2v) is 7.83. The third-order valence-corrected chi connectivity index (χ3v) is 5.76. The fourth-order valence-corrected chi connectivity index (χ4v) is 4.10. The number of benzene rings is 2. The number of hydrogen-bond acceptors (Lipinski definition) is 5. The van der Waals surface area contributed by atoms with Gasteiger partial charge in [-0.15, -0.1) is 0 Å². The molecule has 30 heavy (non-hydrogen) atoms. The Labute approximate surface area is 178 Å². The van der Waals surface area contributed by atoms with Crippen LogP contribution in [-0.4, -0.2) is 56.8 Å². The largest absolute Gasteiger partial charge is 0.494 e. The standard InChI is InChI=1S/C24H31N3O3/c1-2-30-23-8-3-19-9-11-26(18-20(19)17-23)12-10-24(28)25-21-4-6-22(7-5-21)27-13-15-29-16-14-27/h3-8,17H,2,9-16,18H2,1H3,(H,25,28). The van der Waals surface area contributed by atoms with Gasteiger partial charge in [0, 0.05) is 50.5 Å². The number of rotatable bonds is 7. The average Bonchev–Trinajstić information content (AvgIpc) is 2.79. The summed E-state index contributed by atoms with van der Waals surface area (Å²) in [5.74, 6) is 0.986. The molecule has 0 spiro atoms. The summed E-state index contributed by atoms with van der Waals surface area (Å²) in [7, 11) is 0. The molecule has 0 saturated carbocycles. The summed E-state index contributed by atoms with van der Waals surface area (Å²) in [6.07, 6.45) is 1.51. The van der Waals surface area contributed by atoms with Gasteiger partial charge in [0.2, 0.25) is 5.91 Å². The highest BCUT2D eigenvalue weighted by Crippen LogP contribution is 2.24. The molecule has 2 aliphatic heterocycles. The van der Waals surface area contributed by atoms with Crippen molar-refractivity contribution in [3.05, 3.63) is 53.6 Å². The molecule has 2 heterocycles. The molecule has 0 radical (unpaired) electrons. The molecule has 2 aromatic carbocycles. The third kappa shape index (κ3) is 5.32. The van der Waals surface area contributed by atoms with Gasteiger partial charge in [-0.25, -0.2) is 0 Å². The molecule has 160 valence electrons. The van der Waals surface area contributed by atoms with Crippen LogP contribution >= 0.6 is 0 Å². The van der Waals surface area contributed by atoms with Crippen molar-refractivity contribution in [2.45, 2.75) is 26.3 Å². The summed E-state index contributed by atoms with van der Waals surface area (Å²) < 4.78 is 11.0. The minimum atomic E-state index is 0.0583. The summed E-state index contributed by atoms with van der Waals surface area (Å²) in [5.41, 5.74) is 4.72. The number of ether oxygens (including phenoxy) is 2. The van der Waals surface area contributed by atoms with E-state index in [-0.39, 0.29) is 5.91 Å². The van der Waals surface area contributed by atoms with E-state index >= 15 is 0 Å². The third-order valence-electron chi connectivity index (χ3n) is 5.76. The lowest BCUT2D eigenvalue weighted by molar-refractivity contribution is -0.116. The van der Waals surface area contributed by atoms with E-state index in [0.717, 1.165) is 63.8 Å². The summed E-state index contributed by atoms with van der Waals surface area (Å²) in [6, 6.07) is 14.5. The molecule has 2 aliphatic rings. The number of hydrogen-bond donors (Lipinski definition) is 1. The smallest absolute Gasteiger partial charge is 0.225 e. The van der Waals surface area contributed by atoms with Gasteiger partial charge in [-0.1, -0.05) is 6.07 Å². The van der Waals surface area contributed by atoms with E-state index in [1.165, 1.54) is 16.8 Å². The number of amides is 1. The minimum Gasteiger partial charge on any atom is -0.494 e. The molecule has 0 bridgehead atoms. The van der Waals surface area contributed by atoms with E-state index < -0.39 is 0 Å². The zero-order chi connectivity index (χ0) is 20.8. The van der Waals surface area contributed by atoms with Crippen LogP contribution in [0, 0.1) is 0 Å². The Hall–Kier alpha value is -2.57. The number of morpholine rings is 1. The van der Waals surface area contributed by atoms with Crippen molar-refractivity contribution >= 4 is 17.3 Å². The normalized spacial score (nSPS) is 16.8. The predicted molar refractivity (Wildman–Crippen MR) is 119 cm³/mol. The van der Waals surface area contributed by atoms with Crippen LogP contribution in [0.25, 0.3) is 0 Å². The van der Waals surface area contributed by atoms with E-state index in [0.29, 0.717) is 13.0 Å². The van der Waals surface area contributed by atoms with Crippen LogP contribution < -0.4 is 15.0 Å². The maximum atomic E-state index is 12.4. The maximum absolute atomic E-state index is 12.4. The first-order valence-electron chi connectivity index (χ1n) is 10.9. The number of nitrogens with one attached hydrogen (secondary N) is 1. The topological polar surface area (TPSA) is 54.0 Å². The van der Waals surface area contributed by atoms with E-state index in [1.807, 2.05) is 19.1 Å². The summed E-state index contributed by atoms with van der Waals surface area (Å²) in [6.45, 7) is 8.67. The van der Waals surface area contributed by atoms with Crippen LogP contribution in [0.4, 0.5) is 11.4 Å². The fraction of sp³-hybridized carbons (Fsp3) is 0.458. The molecule has 6 nitrogen and oxygen atoms in total. The van der Waals surface area contributed by atoms with Crippen molar-refractivity contribution in [1.29, 1.82) is 0 Å². The Kier molecular flexibility index (Phi) is 6.87. The first kappa shape index (κ1) is 20.7. The van der Waals surface area contributed by atoms with Crippen LogP contribution in [0.5, 0.6) is 5.75 Å². The van der Waals surface area contributed by atoms with Gasteiger partial charge in [0.05, 0.1) is 19.8 Å². The molecule has 1 saturated heterocycles. The number of anilines is 2. The van der Waals surface area contributed by atoms with Crippen LogP contribution in [0.2, 0.25) is 0 Å². The van der Waals surface area contributed by atoms with Crippen molar-refractivity contribution in [1.82, 2.24) is 4.90 Å². The molecule has 4 rings (SSSR count). The number of carbonyl (C=O) groups excluding carboxylic acids is 1. The molecular weight excluding hydrogens is 378 g/mol. The van der Waals surface area contributed by atoms with E-state index in [9.17, 15) is 4.79 Å². The Morgan fingerprint density at radius 2 is 1.87 bits per heavy atom. The number of fused-ring (bicyclic) bond motifs is 1. The zero-order valence-electron chi connectivity index (χ0n) is 17.7. The summed E-state index contributed by atoms with van der Waals surface area (Å²) in [5, 5.41) is 3.03. The molecule has 6 heteroatoms. The Morgan fingerprint density at radius 1 is 1.07 bits per heavy atom. The van der Waals surface area contributed by atoms with Crippen LogP contribution in [0.15, 0.2) is 42.5 Å². The Bertz CT molecular complexity index is 847. The van der Waals surface area contributed by atoms with Crippen molar-refractivity contribution in [3.63, 3.8) is 0 Å². The Morgan fingerprint density at radius 3 is 2.63 bits per heavy atom. The van der Waals surface area contributed by atoms with Crippen molar-refractivity contribution in [2.75, 3.05) is 56.2 Å². The van der Waals surface area contributed by atoms with Gasteiger partial charge in [0.15, 0.2) is 0 Å². The molecule has 2 aromatic rings. The van der Waals surface area contributed by atoms with Gasteiger partial charge in [0.1, 0.15) is 5.75 Å². The fourth-order valence-electron chi connectivity index (χ4n) is 4.10. The predicted octanol–water partition coefficient (Wildman–Crippen LogP) is 3.31. The lowest BCUT2D eigenvalue weighted by Gasteiger charge is -2.29. The van der Waals surface area contributed by atoms with Crippen LogP contribution in [0.3, 0.4) is 0 Å². The zero-order valence-corrected chi connectivity index (χ0v) is 17.7. The number of carbonyl (C=O) groups is 1. The molecule has 0 atom stereocenters. The minimum absolute atomic E-state index is 0.0583. The Balaban J connectivity index is 1.25. The SMILES string of the molecule is CCOc1ccc2c(c1)CN(CCC(=O)Nc1ccc(N3CCOCC3)cc1)CC2. The van der Waals surface area contributed by atoms with Gasteiger partial charge in [0.25, 0.3) is 0 Å². The maximum Gasteiger partial charge on any atom is 0.225 e. The molecule has 1 fully saturated rings. The van der Waals surface area contributed by atoms with Crippen LogP contribution in [0.1, 0.15) is 24.5 Å². The molecule has 0 aliphatic carbocycles. The lowest BCUT2D eigenvalue weighted by atomic mass is 9.99. The summed E-state index contributed by atoms with van der Waals surface area (Å²) >= 11 is 0. The highest BCUT2D eigenvalue weighted by atomic mass is 16.5. The molecule has 1 N–H and O–H groups in total. The summed E-state index contributed by atoms with van der Waals surface area (Å²) in [4.78, 5) is 17.1. The van der Waals surface area contributed by atoms with Gasteiger partial charge < -0.3 is 19.7 Å². The van der Waals surface area contributed by atoms with Crippen molar-refractivity contribution < 1.29 is 14.3 Å². The van der Waals surface area contributed by atoms with Crippen molar-refractivity contribution in [3.8, 4) is 5.75 Å². The quantitative estimate of drug-likeness (QED) is 0.760. The van der Waals surface area contributed by atoms with E-state index in [2.05, 4.69) is 45.4 Å².